The number of nitrogens with zero attached hydrogens (tertiary/aromatic N) is 3. The number of nitrogens with one attached hydrogen (secondary N) is 1. The number of amides is 1. The molecule has 4 heterocycles. The van der Waals surface area contributed by atoms with Crippen LogP contribution in [0.3, 0.4) is 0 Å². The molecule has 1 fully saturated rings. The highest BCUT2D eigenvalue weighted by atomic mass is 16.5. The molecule has 0 atom stereocenters. The van der Waals surface area contributed by atoms with E-state index >= 15 is 0 Å². The van der Waals surface area contributed by atoms with Crippen LogP contribution in [0.15, 0.2) is 60.8 Å². The number of rotatable bonds is 5. The number of aromatic nitrogens is 2. The summed E-state index contributed by atoms with van der Waals surface area (Å²) < 4.78 is 5.70. The van der Waals surface area contributed by atoms with E-state index in [1.165, 1.54) is 5.56 Å². The van der Waals surface area contributed by atoms with Gasteiger partial charge in [-0.05, 0) is 62.2 Å². The van der Waals surface area contributed by atoms with Crippen LogP contribution in [-0.4, -0.2) is 40.5 Å². The summed E-state index contributed by atoms with van der Waals surface area (Å²) in [6.45, 7) is 5.66. The number of likely N-dealkylation sites (tertiary alicyclic amines) is 1. The zero-order valence-corrected chi connectivity index (χ0v) is 18.4. The lowest BCUT2D eigenvalue weighted by Gasteiger charge is -2.43. The van der Waals surface area contributed by atoms with Crippen LogP contribution in [0.1, 0.15) is 36.6 Å². The van der Waals surface area contributed by atoms with Crippen molar-refractivity contribution in [1.82, 2.24) is 20.2 Å². The number of piperidine rings is 1. The summed E-state index contributed by atoms with van der Waals surface area (Å²) in [5, 5.41) is 3.11. The Morgan fingerprint density at radius 2 is 1.88 bits per heavy atom. The summed E-state index contributed by atoms with van der Waals surface area (Å²) in [5.74, 6) is 0.724. The fourth-order valence-corrected chi connectivity index (χ4v) is 4.95. The van der Waals surface area contributed by atoms with Gasteiger partial charge in [-0.25, -0.2) is 4.98 Å². The van der Waals surface area contributed by atoms with E-state index in [-0.39, 0.29) is 5.91 Å². The summed E-state index contributed by atoms with van der Waals surface area (Å²) >= 11 is 0. The van der Waals surface area contributed by atoms with Crippen LogP contribution in [0.5, 0.6) is 5.88 Å². The topological polar surface area (TPSA) is 67.4 Å². The van der Waals surface area contributed by atoms with Crippen LogP contribution in [-0.2, 0) is 23.3 Å². The van der Waals surface area contributed by atoms with Crippen molar-refractivity contribution in [2.75, 3.05) is 19.7 Å². The van der Waals surface area contributed by atoms with Crippen molar-refractivity contribution in [3.05, 3.63) is 77.6 Å². The molecule has 3 aromatic rings. The van der Waals surface area contributed by atoms with Gasteiger partial charge < -0.3 is 10.1 Å². The minimum Gasteiger partial charge on any atom is -0.477 e. The molecule has 1 aromatic carbocycles. The van der Waals surface area contributed by atoms with Crippen LogP contribution in [0, 0.1) is 0 Å². The van der Waals surface area contributed by atoms with E-state index in [4.69, 9.17) is 9.72 Å². The van der Waals surface area contributed by atoms with E-state index in [2.05, 4.69) is 45.5 Å². The Morgan fingerprint density at radius 1 is 1.06 bits per heavy atom. The molecule has 1 amide bonds. The maximum atomic E-state index is 13.1. The number of pyridine rings is 2. The maximum absolute atomic E-state index is 13.1. The molecule has 32 heavy (non-hydrogen) atoms. The van der Waals surface area contributed by atoms with E-state index in [9.17, 15) is 4.79 Å². The second-order valence-corrected chi connectivity index (χ2v) is 8.51. The Bertz CT molecular complexity index is 1110. The van der Waals surface area contributed by atoms with E-state index in [0.29, 0.717) is 19.0 Å². The predicted octanol–water partition coefficient (Wildman–Crippen LogP) is 3.71. The van der Waals surface area contributed by atoms with Crippen molar-refractivity contribution in [2.24, 2.45) is 0 Å². The lowest BCUT2D eigenvalue weighted by atomic mass is 9.69. The zero-order valence-electron chi connectivity index (χ0n) is 18.4. The van der Waals surface area contributed by atoms with Crippen molar-refractivity contribution in [3.8, 4) is 17.1 Å². The Hall–Kier alpha value is -3.25. The quantitative estimate of drug-likeness (QED) is 0.671. The highest BCUT2D eigenvalue weighted by Crippen LogP contribution is 2.41. The molecule has 0 radical (unpaired) electrons. The molecule has 0 aliphatic carbocycles. The molecule has 0 bridgehead atoms. The van der Waals surface area contributed by atoms with Gasteiger partial charge in [-0.2, -0.15) is 0 Å². The molecular weight excluding hydrogens is 400 g/mol. The van der Waals surface area contributed by atoms with Gasteiger partial charge in [-0.15, -0.1) is 0 Å². The normalized spacial score (nSPS) is 17.6. The van der Waals surface area contributed by atoms with Gasteiger partial charge in [0, 0.05) is 12.7 Å². The minimum absolute atomic E-state index is 0.135. The first-order valence-corrected chi connectivity index (χ1v) is 11.3. The third-order valence-electron chi connectivity index (χ3n) is 6.63. The molecular formula is C26H28N4O2. The highest BCUT2D eigenvalue weighted by molar-refractivity contribution is 5.90. The van der Waals surface area contributed by atoms with Crippen molar-refractivity contribution in [2.45, 2.75) is 38.3 Å². The number of fused-ring (bicyclic) bond motifs is 2. The second-order valence-electron chi connectivity index (χ2n) is 8.51. The number of hydrogen-bond acceptors (Lipinski definition) is 5. The van der Waals surface area contributed by atoms with Crippen LogP contribution in [0.25, 0.3) is 11.3 Å². The number of benzene rings is 1. The SMILES string of the molecule is CCOc1ncccc1-c1ccc2c(n1)CNC(=O)C21CCN(Cc2ccccc2)CC1. The average Bonchev–Trinajstić information content (AvgIpc) is 2.84. The summed E-state index contributed by atoms with van der Waals surface area (Å²) in [6, 6.07) is 18.5. The highest BCUT2D eigenvalue weighted by Gasteiger charge is 2.46. The summed E-state index contributed by atoms with van der Waals surface area (Å²) in [5.41, 5.74) is 4.54. The summed E-state index contributed by atoms with van der Waals surface area (Å²) in [6.07, 6.45) is 3.33. The Morgan fingerprint density at radius 3 is 2.66 bits per heavy atom. The Labute approximate surface area is 188 Å². The van der Waals surface area contributed by atoms with E-state index in [1.807, 2.05) is 31.2 Å². The molecule has 1 N–H and O–H groups in total. The molecule has 2 aromatic heterocycles. The maximum Gasteiger partial charge on any atom is 0.231 e. The first-order valence-electron chi connectivity index (χ1n) is 11.3. The third-order valence-corrected chi connectivity index (χ3v) is 6.63. The second kappa shape index (κ2) is 8.71. The van der Waals surface area contributed by atoms with E-state index < -0.39 is 5.41 Å². The molecule has 164 valence electrons. The van der Waals surface area contributed by atoms with Gasteiger partial charge in [0.2, 0.25) is 11.8 Å². The molecule has 2 aliphatic rings. The molecule has 0 saturated carbocycles. The molecule has 0 unspecified atom stereocenters. The van der Waals surface area contributed by atoms with E-state index in [0.717, 1.165) is 55.0 Å². The fourth-order valence-electron chi connectivity index (χ4n) is 4.95. The van der Waals surface area contributed by atoms with Crippen molar-refractivity contribution >= 4 is 5.91 Å². The molecule has 6 nitrogen and oxygen atoms in total. The smallest absolute Gasteiger partial charge is 0.231 e. The van der Waals surface area contributed by atoms with Crippen LogP contribution >= 0.6 is 0 Å². The molecule has 1 spiro atoms. The van der Waals surface area contributed by atoms with Gasteiger partial charge in [0.25, 0.3) is 0 Å². The van der Waals surface area contributed by atoms with Gasteiger partial charge in [-0.3, -0.25) is 14.7 Å². The Balaban J connectivity index is 1.41. The van der Waals surface area contributed by atoms with Crippen LogP contribution in [0.2, 0.25) is 0 Å². The third kappa shape index (κ3) is 3.75. The molecule has 5 rings (SSSR count). The van der Waals surface area contributed by atoms with Crippen molar-refractivity contribution in [1.29, 1.82) is 0 Å². The lowest BCUT2D eigenvalue weighted by Crippen LogP contribution is -2.54. The summed E-state index contributed by atoms with van der Waals surface area (Å²) in [4.78, 5) is 24.9. The van der Waals surface area contributed by atoms with Gasteiger partial charge in [0.1, 0.15) is 0 Å². The molecule has 6 heteroatoms. The molecule has 1 saturated heterocycles. The zero-order chi connectivity index (χ0) is 22.0. The largest absolute Gasteiger partial charge is 0.477 e. The minimum atomic E-state index is -0.496. The molecule has 2 aliphatic heterocycles. The first kappa shape index (κ1) is 20.6. The number of carbonyl (C=O) groups is 1. The average molecular weight is 429 g/mol. The van der Waals surface area contributed by atoms with Crippen molar-refractivity contribution < 1.29 is 9.53 Å². The van der Waals surface area contributed by atoms with Gasteiger partial charge in [0.05, 0.1) is 35.5 Å². The number of ether oxygens (including phenoxy) is 1. The van der Waals surface area contributed by atoms with E-state index in [1.54, 1.807) is 6.20 Å². The van der Waals surface area contributed by atoms with Gasteiger partial charge in [-0.1, -0.05) is 36.4 Å². The lowest BCUT2D eigenvalue weighted by molar-refractivity contribution is -0.129. The van der Waals surface area contributed by atoms with Crippen LogP contribution in [0.4, 0.5) is 0 Å². The Kier molecular flexibility index (Phi) is 5.62. The van der Waals surface area contributed by atoms with Crippen LogP contribution < -0.4 is 10.1 Å². The number of carbonyl (C=O) groups excluding carboxylic acids is 1. The first-order chi connectivity index (χ1) is 15.7. The fraction of sp³-hybridized carbons (Fsp3) is 0.346. The predicted molar refractivity (Wildman–Crippen MR) is 123 cm³/mol. The van der Waals surface area contributed by atoms with Crippen molar-refractivity contribution in [3.63, 3.8) is 0 Å². The summed E-state index contributed by atoms with van der Waals surface area (Å²) in [7, 11) is 0. The van der Waals surface area contributed by atoms with Gasteiger partial charge in [0.15, 0.2) is 0 Å². The number of hydrogen-bond donors (Lipinski definition) is 1. The van der Waals surface area contributed by atoms with Gasteiger partial charge >= 0.3 is 0 Å². The monoisotopic (exact) mass is 428 g/mol. The standard InChI is InChI=1S/C26H28N4O2/c1-2-32-24-20(9-6-14-27-24)22-11-10-21-23(29-22)17-28-25(31)26(21)12-15-30(16-13-26)18-19-7-4-3-5-8-19/h3-11,14H,2,12-13,15-18H2,1H3,(H,28,31).